The topological polar surface area (TPSA) is 41.4 Å². The molecule has 1 amide bonds. The summed E-state index contributed by atoms with van der Waals surface area (Å²) in [5.74, 6) is 0.230. The highest BCUT2D eigenvalue weighted by Crippen LogP contribution is 2.17. The van der Waals surface area contributed by atoms with E-state index in [0.29, 0.717) is 6.42 Å². The third-order valence-corrected chi connectivity index (χ3v) is 4.26. The largest absolute Gasteiger partial charge is 0.368 e. The Morgan fingerprint density at radius 3 is 2.55 bits per heavy atom. The van der Waals surface area contributed by atoms with Gasteiger partial charge in [0.1, 0.15) is 0 Å². The molecule has 22 heavy (non-hydrogen) atoms. The minimum absolute atomic E-state index is 0.155. The molecular formula is C17H22N4O. The first kappa shape index (κ1) is 14.6. The second-order valence-electron chi connectivity index (χ2n) is 5.77. The molecule has 0 aliphatic carbocycles. The Kier molecular flexibility index (Phi) is 4.42. The average molecular weight is 298 g/mol. The van der Waals surface area contributed by atoms with Crippen LogP contribution in [0.1, 0.15) is 19.4 Å². The zero-order chi connectivity index (χ0) is 15.4. The molecule has 0 N–H and O–H groups in total. The number of carbonyl (C=O) groups excluding carboxylic acids is 1. The zero-order valence-corrected chi connectivity index (χ0v) is 12.9. The summed E-state index contributed by atoms with van der Waals surface area (Å²) in [4.78, 5) is 20.8. The van der Waals surface area contributed by atoms with Crippen LogP contribution in [0, 0.1) is 0 Å². The lowest BCUT2D eigenvalue weighted by molar-refractivity contribution is -0.132. The summed E-state index contributed by atoms with van der Waals surface area (Å²) in [5, 5.41) is 0. The molecule has 0 saturated carbocycles. The number of anilines is 1. The highest BCUT2D eigenvalue weighted by molar-refractivity contribution is 5.77. The van der Waals surface area contributed by atoms with Crippen molar-refractivity contribution in [2.24, 2.45) is 0 Å². The number of piperazine rings is 1. The molecule has 5 nitrogen and oxygen atoms in total. The molecule has 1 aromatic carbocycles. The number of aromatic nitrogens is 2. The van der Waals surface area contributed by atoms with Gasteiger partial charge in [-0.2, -0.15) is 0 Å². The van der Waals surface area contributed by atoms with Gasteiger partial charge in [0.25, 0.3) is 0 Å². The molecule has 1 aromatic heterocycles. The van der Waals surface area contributed by atoms with Crippen molar-refractivity contribution in [1.29, 1.82) is 0 Å². The highest BCUT2D eigenvalue weighted by atomic mass is 16.2. The van der Waals surface area contributed by atoms with Crippen LogP contribution in [-0.4, -0.2) is 46.5 Å². The lowest BCUT2D eigenvalue weighted by Crippen LogP contribution is -2.49. The maximum absolute atomic E-state index is 12.4. The molecule has 1 aliphatic heterocycles. The van der Waals surface area contributed by atoms with Crippen LogP contribution < -0.4 is 4.90 Å². The molecule has 1 fully saturated rings. The van der Waals surface area contributed by atoms with E-state index in [1.807, 2.05) is 21.7 Å². The average Bonchev–Trinajstić information content (AvgIpc) is 3.10. The summed E-state index contributed by atoms with van der Waals surface area (Å²) < 4.78 is 1.98. The van der Waals surface area contributed by atoms with Gasteiger partial charge >= 0.3 is 0 Å². The fourth-order valence-electron chi connectivity index (χ4n) is 2.87. The number of rotatable bonds is 4. The quantitative estimate of drug-likeness (QED) is 0.869. The zero-order valence-electron chi connectivity index (χ0n) is 12.9. The van der Waals surface area contributed by atoms with E-state index in [-0.39, 0.29) is 11.9 Å². The Hall–Kier alpha value is -2.30. The summed E-state index contributed by atoms with van der Waals surface area (Å²) in [6.07, 6.45) is 5.96. The number of nitrogens with zero attached hydrogens (tertiary/aromatic N) is 4. The van der Waals surface area contributed by atoms with Crippen molar-refractivity contribution >= 4 is 11.6 Å². The van der Waals surface area contributed by atoms with E-state index in [4.69, 9.17) is 0 Å². The van der Waals surface area contributed by atoms with Crippen LogP contribution in [-0.2, 0) is 4.79 Å². The van der Waals surface area contributed by atoms with E-state index in [0.717, 1.165) is 26.2 Å². The van der Waals surface area contributed by atoms with Crippen molar-refractivity contribution in [1.82, 2.24) is 14.5 Å². The van der Waals surface area contributed by atoms with Gasteiger partial charge in [0.2, 0.25) is 5.91 Å². The standard InChI is InChI=1S/C17H22N4O/c1-15(21-8-7-18-14-21)13-17(22)20-11-9-19(10-12-20)16-5-3-2-4-6-16/h2-8,14-15H,9-13H2,1H3/t15-/m0/s1. The van der Waals surface area contributed by atoms with Gasteiger partial charge in [-0.3, -0.25) is 4.79 Å². The molecule has 0 spiro atoms. The molecular weight excluding hydrogens is 276 g/mol. The molecule has 1 aliphatic rings. The van der Waals surface area contributed by atoms with Gasteiger partial charge in [-0.25, -0.2) is 4.98 Å². The maximum atomic E-state index is 12.4. The Morgan fingerprint density at radius 2 is 1.91 bits per heavy atom. The number of para-hydroxylation sites is 1. The fraction of sp³-hybridized carbons (Fsp3) is 0.412. The lowest BCUT2D eigenvalue weighted by Gasteiger charge is -2.36. The highest BCUT2D eigenvalue weighted by Gasteiger charge is 2.22. The maximum Gasteiger partial charge on any atom is 0.224 e. The molecule has 2 aromatic rings. The van der Waals surface area contributed by atoms with Crippen LogP contribution in [0.3, 0.4) is 0 Å². The second-order valence-corrected chi connectivity index (χ2v) is 5.77. The predicted molar refractivity (Wildman–Crippen MR) is 86.8 cm³/mol. The van der Waals surface area contributed by atoms with Crippen LogP contribution in [0.2, 0.25) is 0 Å². The van der Waals surface area contributed by atoms with E-state index in [1.54, 1.807) is 12.5 Å². The van der Waals surface area contributed by atoms with Crippen molar-refractivity contribution in [2.75, 3.05) is 31.1 Å². The minimum atomic E-state index is 0.155. The Bertz CT molecular complexity index is 588. The van der Waals surface area contributed by atoms with Gasteiger partial charge in [0.15, 0.2) is 0 Å². The summed E-state index contributed by atoms with van der Waals surface area (Å²) in [6.45, 7) is 5.44. The van der Waals surface area contributed by atoms with Crippen LogP contribution in [0.15, 0.2) is 49.1 Å². The Labute approximate surface area is 131 Å². The third kappa shape index (κ3) is 3.30. The number of hydrogen-bond donors (Lipinski definition) is 0. The van der Waals surface area contributed by atoms with E-state index in [1.165, 1.54) is 5.69 Å². The van der Waals surface area contributed by atoms with Gasteiger partial charge in [-0.1, -0.05) is 18.2 Å². The molecule has 0 unspecified atom stereocenters. The van der Waals surface area contributed by atoms with Crippen molar-refractivity contribution in [2.45, 2.75) is 19.4 Å². The summed E-state index contributed by atoms with van der Waals surface area (Å²) in [6, 6.07) is 10.5. The first-order valence-corrected chi connectivity index (χ1v) is 7.79. The lowest BCUT2D eigenvalue weighted by atomic mass is 10.2. The molecule has 0 bridgehead atoms. The van der Waals surface area contributed by atoms with E-state index >= 15 is 0 Å². The van der Waals surface area contributed by atoms with Crippen molar-refractivity contribution in [3.8, 4) is 0 Å². The number of imidazole rings is 1. The van der Waals surface area contributed by atoms with Crippen LogP contribution in [0.25, 0.3) is 0 Å². The fourth-order valence-corrected chi connectivity index (χ4v) is 2.87. The van der Waals surface area contributed by atoms with Crippen LogP contribution in [0.4, 0.5) is 5.69 Å². The normalized spacial score (nSPS) is 16.6. The van der Waals surface area contributed by atoms with Gasteiger partial charge in [0.05, 0.1) is 6.33 Å². The minimum Gasteiger partial charge on any atom is -0.368 e. The van der Waals surface area contributed by atoms with Crippen molar-refractivity contribution < 1.29 is 4.79 Å². The number of carbonyl (C=O) groups is 1. The van der Waals surface area contributed by atoms with Gasteiger partial charge in [-0.05, 0) is 19.1 Å². The second kappa shape index (κ2) is 6.64. The summed E-state index contributed by atoms with van der Waals surface area (Å²) >= 11 is 0. The Morgan fingerprint density at radius 1 is 1.18 bits per heavy atom. The molecule has 0 radical (unpaired) electrons. The smallest absolute Gasteiger partial charge is 0.224 e. The van der Waals surface area contributed by atoms with E-state index in [9.17, 15) is 4.79 Å². The van der Waals surface area contributed by atoms with E-state index < -0.39 is 0 Å². The van der Waals surface area contributed by atoms with E-state index in [2.05, 4.69) is 41.1 Å². The molecule has 3 rings (SSSR count). The van der Waals surface area contributed by atoms with Gasteiger partial charge in [-0.15, -0.1) is 0 Å². The molecule has 5 heteroatoms. The van der Waals surface area contributed by atoms with Crippen LogP contribution >= 0.6 is 0 Å². The number of amides is 1. The summed E-state index contributed by atoms with van der Waals surface area (Å²) in [7, 11) is 0. The number of benzene rings is 1. The van der Waals surface area contributed by atoms with Crippen molar-refractivity contribution in [3.63, 3.8) is 0 Å². The molecule has 1 saturated heterocycles. The summed E-state index contributed by atoms with van der Waals surface area (Å²) in [5.41, 5.74) is 1.24. The predicted octanol–water partition coefficient (Wildman–Crippen LogP) is 2.18. The SMILES string of the molecule is C[C@@H](CC(=O)N1CCN(c2ccccc2)CC1)n1ccnc1. The van der Waals surface area contributed by atoms with Crippen molar-refractivity contribution in [3.05, 3.63) is 49.1 Å². The van der Waals surface area contributed by atoms with Gasteiger partial charge in [0, 0.05) is 56.7 Å². The number of hydrogen-bond acceptors (Lipinski definition) is 3. The third-order valence-electron chi connectivity index (χ3n) is 4.26. The monoisotopic (exact) mass is 298 g/mol. The molecule has 2 heterocycles. The van der Waals surface area contributed by atoms with Gasteiger partial charge < -0.3 is 14.4 Å². The molecule has 1 atom stereocenters. The first-order valence-electron chi connectivity index (χ1n) is 7.79. The first-order chi connectivity index (χ1) is 10.7. The Balaban J connectivity index is 1.52. The van der Waals surface area contributed by atoms with Crippen LogP contribution in [0.5, 0.6) is 0 Å². The molecule has 116 valence electrons.